The Kier molecular flexibility index (Phi) is 5.62. The van der Waals surface area contributed by atoms with Gasteiger partial charge in [0.05, 0.1) is 15.6 Å². The summed E-state index contributed by atoms with van der Waals surface area (Å²) in [5, 5.41) is 18.0. The molecular weight excluding hydrogens is 432 g/mol. The van der Waals surface area contributed by atoms with Crippen molar-refractivity contribution in [1.82, 2.24) is 9.78 Å². The minimum absolute atomic E-state index is 0.0912. The third-order valence-corrected chi connectivity index (χ3v) is 5.29. The van der Waals surface area contributed by atoms with E-state index in [1.807, 2.05) is 31.2 Å². The number of non-ortho nitro benzene ring substituents is 1. The minimum atomic E-state index is -0.477. The lowest BCUT2D eigenvalue weighted by atomic mass is 10.2. The molecule has 1 heterocycles. The summed E-state index contributed by atoms with van der Waals surface area (Å²) in [6.07, 6.45) is 1.51. The van der Waals surface area contributed by atoms with Crippen LogP contribution in [-0.2, 0) is 7.05 Å². The number of nitro benzene ring substituents is 1. The predicted octanol–water partition coefficient (Wildman–Crippen LogP) is 4.80. The second-order valence-corrected chi connectivity index (χ2v) is 7.81. The molecule has 0 atom stereocenters. The first-order chi connectivity index (χ1) is 12.8. The Morgan fingerprint density at radius 1 is 1.22 bits per heavy atom. The average Bonchev–Trinajstić information content (AvgIpc) is 2.95. The Morgan fingerprint density at radius 3 is 2.52 bits per heavy atom. The van der Waals surface area contributed by atoms with E-state index in [1.165, 1.54) is 34.8 Å². The zero-order valence-corrected chi connectivity index (χ0v) is 16.9. The van der Waals surface area contributed by atoms with Gasteiger partial charge in [-0.2, -0.15) is 5.10 Å². The van der Waals surface area contributed by atoms with E-state index in [0.717, 1.165) is 10.5 Å². The number of nitro groups is 1. The Labute approximate surface area is 168 Å². The number of rotatable bonds is 5. The molecule has 0 saturated carbocycles. The van der Waals surface area contributed by atoms with Crippen LogP contribution in [0.1, 0.15) is 16.1 Å². The second kappa shape index (κ2) is 7.93. The number of nitrogens with one attached hydrogen (secondary N) is 1. The van der Waals surface area contributed by atoms with E-state index < -0.39 is 10.8 Å². The summed E-state index contributed by atoms with van der Waals surface area (Å²) in [5.74, 6) is -0.409. The SMILES string of the molecule is Cc1ccc(Sc2cc(NC(=O)c3c(Br)cnn3C)cc([N+](=O)[O-])c2)cc1. The van der Waals surface area contributed by atoms with Crippen LogP contribution < -0.4 is 5.32 Å². The normalized spacial score (nSPS) is 10.6. The highest BCUT2D eigenvalue weighted by molar-refractivity contribution is 9.10. The van der Waals surface area contributed by atoms with Crippen molar-refractivity contribution in [3.63, 3.8) is 0 Å². The summed E-state index contributed by atoms with van der Waals surface area (Å²) >= 11 is 4.67. The summed E-state index contributed by atoms with van der Waals surface area (Å²) in [7, 11) is 1.64. The Bertz CT molecular complexity index is 998. The minimum Gasteiger partial charge on any atom is -0.320 e. The van der Waals surface area contributed by atoms with Gasteiger partial charge < -0.3 is 5.32 Å². The van der Waals surface area contributed by atoms with Crippen molar-refractivity contribution >= 4 is 45.0 Å². The molecule has 0 aliphatic carbocycles. The number of carbonyl (C=O) groups excluding carboxylic acids is 1. The molecular formula is C18H15BrN4O3S. The van der Waals surface area contributed by atoms with E-state index in [4.69, 9.17) is 0 Å². The van der Waals surface area contributed by atoms with Gasteiger partial charge >= 0.3 is 0 Å². The van der Waals surface area contributed by atoms with Gasteiger partial charge in [0, 0.05) is 34.7 Å². The summed E-state index contributed by atoms with van der Waals surface area (Å²) in [6.45, 7) is 1.99. The molecule has 138 valence electrons. The van der Waals surface area contributed by atoms with Crippen molar-refractivity contribution in [3.8, 4) is 0 Å². The van der Waals surface area contributed by atoms with Crippen LogP contribution in [0, 0.1) is 17.0 Å². The smallest absolute Gasteiger partial charge is 0.275 e. The maximum absolute atomic E-state index is 12.5. The molecule has 1 N–H and O–H groups in total. The number of aromatic nitrogens is 2. The molecule has 0 bridgehead atoms. The van der Waals surface area contributed by atoms with Crippen molar-refractivity contribution in [3.05, 3.63) is 74.5 Å². The van der Waals surface area contributed by atoms with Crippen molar-refractivity contribution < 1.29 is 9.72 Å². The van der Waals surface area contributed by atoms with Crippen molar-refractivity contribution in [2.45, 2.75) is 16.7 Å². The molecule has 0 radical (unpaired) electrons. The van der Waals surface area contributed by atoms with Gasteiger partial charge in [-0.3, -0.25) is 19.6 Å². The fraction of sp³-hybridized carbons (Fsp3) is 0.111. The molecule has 3 aromatic rings. The molecule has 0 saturated heterocycles. The van der Waals surface area contributed by atoms with Gasteiger partial charge in [-0.25, -0.2) is 0 Å². The number of anilines is 1. The van der Waals surface area contributed by atoms with Gasteiger partial charge in [-0.05, 0) is 41.1 Å². The van der Waals surface area contributed by atoms with Crippen LogP contribution in [0.5, 0.6) is 0 Å². The highest BCUT2D eigenvalue weighted by Gasteiger charge is 2.18. The number of nitrogens with zero attached hydrogens (tertiary/aromatic N) is 3. The zero-order valence-electron chi connectivity index (χ0n) is 14.5. The highest BCUT2D eigenvalue weighted by atomic mass is 79.9. The Hall–Kier alpha value is -2.65. The van der Waals surface area contributed by atoms with Gasteiger partial charge in [0.25, 0.3) is 11.6 Å². The predicted molar refractivity (Wildman–Crippen MR) is 107 cm³/mol. The van der Waals surface area contributed by atoms with Gasteiger partial charge in [0.15, 0.2) is 0 Å². The third-order valence-electron chi connectivity index (χ3n) is 3.73. The third kappa shape index (κ3) is 4.55. The zero-order chi connectivity index (χ0) is 19.6. The van der Waals surface area contributed by atoms with Gasteiger partial charge in [0.1, 0.15) is 5.69 Å². The number of aryl methyl sites for hydroxylation is 2. The largest absolute Gasteiger partial charge is 0.320 e. The average molecular weight is 447 g/mol. The molecule has 3 rings (SSSR count). The Balaban J connectivity index is 1.90. The Morgan fingerprint density at radius 2 is 1.93 bits per heavy atom. The lowest BCUT2D eigenvalue weighted by Gasteiger charge is -2.09. The van der Waals surface area contributed by atoms with Crippen molar-refractivity contribution in [2.24, 2.45) is 7.05 Å². The standard InChI is InChI=1S/C18H15BrN4O3S/c1-11-3-5-14(6-4-11)27-15-8-12(7-13(9-15)23(25)26)21-18(24)17-16(19)10-20-22(17)2/h3-10H,1-2H3,(H,21,24). The lowest BCUT2D eigenvalue weighted by Crippen LogP contribution is -2.16. The number of benzene rings is 2. The summed E-state index contributed by atoms with van der Waals surface area (Å²) in [5.41, 5.74) is 1.71. The van der Waals surface area contributed by atoms with Crippen LogP contribution in [0.25, 0.3) is 0 Å². The molecule has 0 aliphatic rings. The maximum atomic E-state index is 12.5. The van der Waals surface area contributed by atoms with E-state index in [1.54, 1.807) is 13.1 Å². The van der Waals surface area contributed by atoms with E-state index >= 15 is 0 Å². The number of amides is 1. The monoisotopic (exact) mass is 446 g/mol. The van der Waals surface area contributed by atoms with E-state index in [2.05, 4.69) is 26.3 Å². The molecule has 0 spiro atoms. The highest BCUT2D eigenvalue weighted by Crippen LogP contribution is 2.33. The molecule has 0 unspecified atom stereocenters. The topological polar surface area (TPSA) is 90.1 Å². The van der Waals surface area contributed by atoms with Crippen LogP contribution in [0.2, 0.25) is 0 Å². The molecule has 27 heavy (non-hydrogen) atoms. The fourth-order valence-corrected chi connectivity index (χ4v) is 3.86. The second-order valence-electron chi connectivity index (χ2n) is 5.81. The van der Waals surface area contributed by atoms with Crippen LogP contribution in [0.3, 0.4) is 0 Å². The first-order valence-corrected chi connectivity index (χ1v) is 9.47. The van der Waals surface area contributed by atoms with Crippen LogP contribution >= 0.6 is 27.7 Å². The van der Waals surface area contributed by atoms with Crippen LogP contribution in [0.4, 0.5) is 11.4 Å². The van der Waals surface area contributed by atoms with E-state index in [9.17, 15) is 14.9 Å². The number of carbonyl (C=O) groups is 1. The first kappa shape index (κ1) is 19.1. The summed E-state index contributed by atoms with van der Waals surface area (Å²) in [6, 6.07) is 12.4. The molecule has 7 nitrogen and oxygen atoms in total. The van der Waals surface area contributed by atoms with Gasteiger partial charge in [-0.15, -0.1) is 0 Å². The van der Waals surface area contributed by atoms with Crippen molar-refractivity contribution in [2.75, 3.05) is 5.32 Å². The van der Waals surface area contributed by atoms with Crippen molar-refractivity contribution in [1.29, 1.82) is 0 Å². The van der Waals surface area contributed by atoms with Crippen LogP contribution in [0.15, 0.2) is 62.9 Å². The molecule has 1 amide bonds. The van der Waals surface area contributed by atoms with E-state index in [-0.39, 0.29) is 5.69 Å². The quantitative estimate of drug-likeness (QED) is 0.448. The first-order valence-electron chi connectivity index (χ1n) is 7.86. The van der Waals surface area contributed by atoms with Crippen LogP contribution in [-0.4, -0.2) is 20.6 Å². The summed E-state index contributed by atoms with van der Waals surface area (Å²) in [4.78, 5) is 24.9. The lowest BCUT2D eigenvalue weighted by molar-refractivity contribution is -0.385. The summed E-state index contributed by atoms with van der Waals surface area (Å²) < 4.78 is 1.97. The maximum Gasteiger partial charge on any atom is 0.275 e. The number of halogens is 1. The van der Waals surface area contributed by atoms with Gasteiger partial charge in [0.2, 0.25) is 0 Å². The van der Waals surface area contributed by atoms with Gasteiger partial charge in [-0.1, -0.05) is 29.5 Å². The number of hydrogen-bond donors (Lipinski definition) is 1. The van der Waals surface area contributed by atoms with E-state index in [0.29, 0.717) is 20.7 Å². The molecule has 0 aliphatic heterocycles. The molecule has 9 heteroatoms. The fourth-order valence-electron chi connectivity index (χ4n) is 2.42. The molecule has 2 aromatic carbocycles. The molecule has 1 aromatic heterocycles. The molecule has 0 fully saturated rings. The number of hydrogen-bond acceptors (Lipinski definition) is 5.